The SMILES string of the molecule is O=Cc1ccc2[nH]cc(C(=O)O)c2c1. The number of aromatic carboxylic acids is 1. The Morgan fingerprint density at radius 1 is 1.43 bits per heavy atom. The van der Waals surface area contributed by atoms with Gasteiger partial charge in [-0.2, -0.15) is 0 Å². The molecule has 1 aromatic heterocycles. The molecule has 0 aliphatic rings. The summed E-state index contributed by atoms with van der Waals surface area (Å²) in [6.07, 6.45) is 2.11. The van der Waals surface area contributed by atoms with Gasteiger partial charge in [-0.15, -0.1) is 0 Å². The first-order valence-electron chi connectivity index (χ1n) is 4.02. The highest BCUT2D eigenvalue weighted by Crippen LogP contribution is 2.19. The van der Waals surface area contributed by atoms with Gasteiger partial charge in [0.1, 0.15) is 6.29 Å². The second kappa shape index (κ2) is 2.99. The number of carboxylic acids is 1. The van der Waals surface area contributed by atoms with Crippen molar-refractivity contribution in [1.29, 1.82) is 0 Å². The van der Waals surface area contributed by atoms with Crippen LogP contribution in [0.4, 0.5) is 0 Å². The van der Waals surface area contributed by atoms with Crippen LogP contribution in [-0.2, 0) is 0 Å². The van der Waals surface area contributed by atoms with Crippen LogP contribution >= 0.6 is 0 Å². The van der Waals surface area contributed by atoms with E-state index in [2.05, 4.69) is 4.98 Å². The van der Waals surface area contributed by atoms with E-state index in [1.807, 2.05) is 0 Å². The Balaban J connectivity index is 2.75. The smallest absolute Gasteiger partial charge is 0.337 e. The van der Waals surface area contributed by atoms with E-state index in [0.717, 1.165) is 0 Å². The number of aromatic amines is 1. The van der Waals surface area contributed by atoms with Gasteiger partial charge in [0, 0.05) is 22.7 Å². The molecule has 4 heteroatoms. The summed E-state index contributed by atoms with van der Waals surface area (Å²) >= 11 is 0. The maximum Gasteiger partial charge on any atom is 0.337 e. The molecule has 0 radical (unpaired) electrons. The highest BCUT2D eigenvalue weighted by atomic mass is 16.4. The lowest BCUT2D eigenvalue weighted by atomic mass is 10.1. The average molecular weight is 189 g/mol. The van der Waals surface area contributed by atoms with Gasteiger partial charge in [0.15, 0.2) is 0 Å². The number of carbonyl (C=O) groups is 2. The summed E-state index contributed by atoms with van der Waals surface area (Å²) in [4.78, 5) is 24.1. The van der Waals surface area contributed by atoms with E-state index in [1.165, 1.54) is 6.20 Å². The fraction of sp³-hybridized carbons (Fsp3) is 0. The fourth-order valence-corrected chi connectivity index (χ4v) is 1.39. The van der Waals surface area contributed by atoms with E-state index in [1.54, 1.807) is 18.2 Å². The number of carbonyl (C=O) groups excluding carboxylic acids is 1. The second-order valence-corrected chi connectivity index (χ2v) is 2.93. The number of benzene rings is 1. The van der Waals surface area contributed by atoms with E-state index in [4.69, 9.17) is 5.11 Å². The van der Waals surface area contributed by atoms with Crippen molar-refractivity contribution in [1.82, 2.24) is 4.98 Å². The molecule has 0 spiro atoms. The summed E-state index contributed by atoms with van der Waals surface area (Å²) in [5.41, 5.74) is 1.37. The molecule has 70 valence electrons. The molecule has 0 saturated carbocycles. The monoisotopic (exact) mass is 189 g/mol. The molecular formula is C10H7NO3. The van der Waals surface area contributed by atoms with Gasteiger partial charge in [0.05, 0.1) is 5.56 Å². The number of aldehydes is 1. The van der Waals surface area contributed by atoms with Crippen LogP contribution in [-0.4, -0.2) is 22.3 Å². The van der Waals surface area contributed by atoms with Crippen LogP contribution in [0.5, 0.6) is 0 Å². The molecule has 0 unspecified atom stereocenters. The average Bonchev–Trinajstić information content (AvgIpc) is 2.59. The molecule has 0 bridgehead atoms. The summed E-state index contributed by atoms with van der Waals surface area (Å²) in [6.45, 7) is 0. The van der Waals surface area contributed by atoms with E-state index >= 15 is 0 Å². The first kappa shape index (κ1) is 8.50. The molecule has 2 rings (SSSR count). The van der Waals surface area contributed by atoms with Gasteiger partial charge in [-0.25, -0.2) is 4.79 Å². The number of rotatable bonds is 2. The predicted octanol–water partition coefficient (Wildman–Crippen LogP) is 1.68. The molecule has 0 aliphatic carbocycles. The Morgan fingerprint density at radius 2 is 2.21 bits per heavy atom. The Morgan fingerprint density at radius 3 is 2.86 bits per heavy atom. The Kier molecular flexibility index (Phi) is 1.81. The van der Waals surface area contributed by atoms with Crippen LogP contribution in [0.25, 0.3) is 10.9 Å². The van der Waals surface area contributed by atoms with Gasteiger partial charge < -0.3 is 10.1 Å². The zero-order chi connectivity index (χ0) is 10.1. The first-order chi connectivity index (χ1) is 6.72. The number of carboxylic acid groups (broad SMARTS) is 1. The zero-order valence-electron chi connectivity index (χ0n) is 7.15. The lowest BCUT2D eigenvalue weighted by molar-refractivity contribution is 0.0699. The van der Waals surface area contributed by atoms with Crippen molar-refractivity contribution in [2.45, 2.75) is 0 Å². The normalized spacial score (nSPS) is 10.3. The van der Waals surface area contributed by atoms with Crippen molar-refractivity contribution in [2.24, 2.45) is 0 Å². The van der Waals surface area contributed by atoms with Crippen LogP contribution in [0.2, 0.25) is 0 Å². The number of aromatic nitrogens is 1. The van der Waals surface area contributed by atoms with Crippen LogP contribution < -0.4 is 0 Å². The topological polar surface area (TPSA) is 70.2 Å². The molecule has 1 aromatic carbocycles. The van der Waals surface area contributed by atoms with Gasteiger partial charge in [-0.3, -0.25) is 4.79 Å². The standard InChI is InChI=1S/C10H7NO3/c12-5-6-1-2-9-7(3-6)8(4-11-9)10(13)14/h1-5,11H,(H,13,14). The molecule has 0 atom stereocenters. The second-order valence-electron chi connectivity index (χ2n) is 2.93. The number of hydrogen-bond donors (Lipinski definition) is 2. The minimum atomic E-state index is -1.00. The Hall–Kier alpha value is -2.10. The van der Waals surface area contributed by atoms with E-state index in [9.17, 15) is 9.59 Å². The third-order valence-electron chi connectivity index (χ3n) is 2.07. The molecule has 4 nitrogen and oxygen atoms in total. The van der Waals surface area contributed by atoms with Gasteiger partial charge >= 0.3 is 5.97 Å². The molecule has 1 heterocycles. The van der Waals surface area contributed by atoms with Crippen molar-refractivity contribution < 1.29 is 14.7 Å². The molecule has 2 N–H and O–H groups in total. The summed E-state index contributed by atoms with van der Waals surface area (Å²) < 4.78 is 0. The number of nitrogens with one attached hydrogen (secondary N) is 1. The first-order valence-corrected chi connectivity index (χ1v) is 4.02. The van der Waals surface area contributed by atoms with Gasteiger partial charge in [-0.05, 0) is 18.2 Å². The summed E-state index contributed by atoms with van der Waals surface area (Å²) in [5, 5.41) is 9.38. The third-order valence-corrected chi connectivity index (χ3v) is 2.07. The lowest BCUT2D eigenvalue weighted by Gasteiger charge is -1.93. The molecule has 14 heavy (non-hydrogen) atoms. The van der Waals surface area contributed by atoms with Crippen molar-refractivity contribution in [3.8, 4) is 0 Å². The van der Waals surface area contributed by atoms with E-state index < -0.39 is 5.97 Å². The molecule has 2 aromatic rings. The summed E-state index contributed by atoms with van der Waals surface area (Å²) in [5.74, 6) is -1.00. The quantitative estimate of drug-likeness (QED) is 0.706. The molecule has 0 amide bonds. The predicted molar refractivity (Wildman–Crippen MR) is 50.6 cm³/mol. The Labute approximate surface area is 79.2 Å². The highest BCUT2D eigenvalue weighted by molar-refractivity contribution is 6.04. The molecule has 0 saturated heterocycles. The number of fused-ring (bicyclic) bond motifs is 1. The molecular weight excluding hydrogens is 182 g/mol. The number of hydrogen-bond acceptors (Lipinski definition) is 2. The highest BCUT2D eigenvalue weighted by Gasteiger charge is 2.10. The van der Waals surface area contributed by atoms with Crippen LogP contribution in [0.1, 0.15) is 20.7 Å². The zero-order valence-corrected chi connectivity index (χ0v) is 7.15. The van der Waals surface area contributed by atoms with Crippen molar-refractivity contribution in [3.05, 3.63) is 35.5 Å². The Bertz CT molecular complexity index is 513. The third kappa shape index (κ3) is 1.17. The van der Waals surface area contributed by atoms with Crippen LogP contribution in [0.15, 0.2) is 24.4 Å². The lowest BCUT2D eigenvalue weighted by Crippen LogP contribution is -1.93. The van der Waals surface area contributed by atoms with Gasteiger partial charge in [0.25, 0.3) is 0 Å². The largest absolute Gasteiger partial charge is 0.478 e. The van der Waals surface area contributed by atoms with E-state index in [0.29, 0.717) is 22.8 Å². The molecule has 0 fully saturated rings. The van der Waals surface area contributed by atoms with Crippen LogP contribution in [0.3, 0.4) is 0 Å². The summed E-state index contributed by atoms with van der Waals surface area (Å²) in [6, 6.07) is 4.88. The minimum Gasteiger partial charge on any atom is -0.478 e. The van der Waals surface area contributed by atoms with Gasteiger partial charge in [-0.1, -0.05) is 0 Å². The number of H-pyrrole nitrogens is 1. The van der Waals surface area contributed by atoms with Crippen molar-refractivity contribution >= 4 is 23.2 Å². The fourth-order valence-electron chi connectivity index (χ4n) is 1.39. The van der Waals surface area contributed by atoms with Gasteiger partial charge in [0.2, 0.25) is 0 Å². The molecule has 0 aliphatic heterocycles. The maximum absolute atomic E-state index is 10.8. The van der Waals surface area contributed by atoms with Crippen molar-refractivity contribution in [3.63, 3.8) is 0 Å². The van der Waals surface area contributed by atoms with Crippen LogP contribution in [0, 0.1) is 0 Å². The maximum atomic E-state index is 10.8. The van der Waals surface area contributed by atoms with Crippen molar-refractivity contribution in [2.75, 3.05) is 0 Å². The minimum absolute atomic E-state index is 0.184. The summed E-state index contributed by atoms with van der Waals surface area (Å²) in [7, 11) is 0. The van der Waals surface area contributed by atoms with E-state index in [-0.39, 0.29) is 5.56 Å².